The molecule has 3 N–H and O–H groups in total. The summed E-state index contributed by atoms with van der Waals surface area (Å²) in [5, 5.41) is 3.14. The fourth-order valence-electron chi connectivity index (χ4n) is 1.74. The van der Waals surface area contributed by atoms with E-state index in [-0.39, 0.29) is 5.56 Å². The summed E-state index contributed by atoms with van der Waals surface area (Å²) in [7, 11) is 0. The van der Waals surface area contributed by atoms with E-state index >= 15 is 0 Å². The van der Waals surface area contributed by atoms with Crippen LogP contribution in [0.15, 0.2) is 48.5 Å². The zero-order valence-electron chi connectivity index (χ0n) is 10.6. The third kappa shape index (κ3) is 3.54. The predicted octanol–water partition coefficient (Wildman–Crippen LogP) is 3.34. The van der Waals surface area contributed by atoms with Crippen LogP contribution >= 0.6 is 0 Å². The minimum atomic E-state index is -2.45. The molecule has 0 fully saturated rings. The van der Waals surface area contributed by atoms with E-state index in [1.807, 2.05) is 0 Å². The Balaban J connectivity index is 1.96. The fraction of sp³-hybridized carbons (Fsp3) is 0.133. The van der Waals surface area contributed by atoms with Gasteiger partial charge in [0, 0.05) is 23.4 Å². The quantitative estimate of drug-likeness (QED) is 0.880. The van der Waals surface area contributed by atoms with Gasteiger partial charge in [0.1, 0.15) is 0 Å². The molecule has 0 spiro atoms. The monoisotopic (exact) mass is 276 g/mol. The summed E-state index contributed by atoms with van der Waals surface area (Å²) in [5.74, 6) is -0.473. The number of nitrogens with two attached hydrogens (primary N) is 1. The van der Waals surface area contributed by atoms with E-state index in [0.29, 0.717) is 12.1 Å². The van der Waals surface area contributed by atoms with E-state index in [0.717, 1.165) is 11.3 Å². The van der Waals surface area contributed by atoms with E-state index in [1.54, 1.807) is 36.4 Å². The van der Waals surface area contributed by atoms with E-state index in [1.165, 1.54) is 12.1 Å². The number of alkyl halides is 2. The van der Waals surface area contributed by atoms with Crippen molar-refractivity contribution in [1.82, 2.24) is 0 Å². The molecule has 0 saturated carbocycles. The van der Waals surface area contributed by atoms with E-state index in [9.17, 15) is 13.6 Å². The zero-order chi connectivity index (χ0) is 14.5. The number of rotatable bonds is 5. The van der Waals surface area contributed by atoms with Gasteiger partial charge in [0.05, 0.1) is 0 Å². The standard InChI is InChI=1S/C15H14F2N2O/c16-14(17)11-3-1-10(2-4-11)9-19-13-7-5-12(6-8-13)15(18)20/h1-8,14,19H,9H2,(H2,18,20). The average Bonchev–Trinajstić information content (AvgIpc) is 2.46. The predicted molar refractivity (Wildman–Crippen MR) is 73.7 cm³/mol. The van der Waals surface area contributed by atoms with Crippen LogP contribution in [0.2, 0.25) is 0 Å². The van der Waals surface area contributed by atoms with Crippen molar-refractivity contribution in [3.8, 4) is 0 Å². The highest BCUT2D eigenvalue weighted by Crippen LogP contribution is 2.19. The zero-order valence-corrected chi connectivity index (χ0v) is 10.6. The minimum absolute atomic E-state index is 0.0135. The lowest BCUT2D eigenvalue weighted by Gasteiger charge is -2.08. The Morgan fingerprint density at radius 2 is 1.65 bits per heavy atom. The Hall–Kier alpha value is -2.43. The number of hydrogen-bond acceptors (Lipinski definition) is 2. The molecule has 5 heteroatoms. The van der Waals surface area contributed by atoms with Crippen molar-refractivity contribution in [2.75, 3.05) is 5.32 Å². The van der Waals surface area contributed by atoms with Gasteiger partial charge in [0.25, 0.3) is 6.43 Å². The van der Waals surface area contributed by atoms with Gasteiger partial charge in [-0.15, -0.1) is 0 Å². The topological polar surface area (TPSA) is 55.1 Å². The summed E-state index contributed by atoms with van der Waals surface area (Å²) < 4.78 is 24.8. The van der Waals surface area contributed by atoms with E-state index < -0.39 is 12.3 Å². The first-order valence-electron chi connectivity index (χ1n) is 6.07. The molecule has 0 aliphatic carbocycles. The van der Waals surface area contributed by atoms with Crippen LogP contribution in [0.4, 0.5) is 14.5 Å². The van der Waals surface area contributed by atoms with E-state index in [4.69, 9.17) is 5.73 Å². The molecule has 0 heterocycles. The highest BCUT2D eigenvalue weighted by Gasteiger charge is 2.05. The maximum Gasteiger partial charge on any atom is 0.263 e. The third-order valence-corrected chi connectivity index (χ3v) is 2.90. The Morgan fingerprint density at radius 3 is 2.15 bits per heavy atom. The molecule has 0 atom stereocenters. The van der Waals surface area contributed by atoms with Crippen LogP contribution in [0.3, 0.4) is 0 Å². The van der Waals surface area contributed by atoms with Crippen LogP contribution in [-0.2, 0) is 6.54 Å². The van der Waals surface area contributed by atoms with Crippen LogP contribution in [0.5, 0.6) is 0 Å². The molecule has 0 aromatic heterocycles. The smallest absolute Gasteiger partial charge is 0.263 e. The van der Waals surface area contributed by atoms with Gasteiger partial charge in [-0.1, -0.05) is 24.3 Å². The van der Waals surface area contributed by atoms with Crippen LogP contribution < -0.4 is 11.1 Å². The molecule has 0 aliphatic rings. The molecule has 20 heavy (non-hydrogen) atoms. The molecular formula is C15H14F2N2O. The minimum Gasteiger partial charge on any atom is -0.381 e. The Morgan fingerprint density at radius 1 is 1.05 bits per heavy atom. The SMILES string of the molecule is NC(=O)c1ccc(NCc2ccc(C(F)F)cc2)cc1. The second-order valence-corrected chi connectivity index (χ2v) is 4.34. The lowest BCUT2D eigenvalue weighted by Crippen LogP contribution is -2.10. The van der Waals surface area contributed by atoms with Gasteiger partial charge in [-0.05, 0) is 29.8 Å². The first-order chi connectivity index (χ1) is 9.56. The first kappa shape index (κ1) is 14.0. The van der Waals surface area contributed by atoms with Gasteiger partial charge >= 0.3 is 0 Å². The van der Waals surface area contributed by atoms with Crippen LogP contribution in [0, 0.1) is 0 Å². The van der Waals surface area contributed by atoms with Gasteiger partial charge in [-0.3, -0.25) is 4.79 Å². The summed E-state index contributed by atoms with van der Waals surface area (Å²) in [5.41, 5.74) is 7.33. The molecule has 0 saturated heterocycles. The lowest BCUT2D eigenvalue weighted by molar-refractivity contribution is 0.1000. The van der Waals surface area contributed by atoms with Crippen molar-refractivity contribution in [2.24, 2.45) is 5.73 Å². The fourth-order valence-corrected chi connectivity index (χ4v) is 1.74. The average molecular weight is 276 g/mol. The third-order valence-electron chi connectivity index (χ3n) is 2.90. The number of carbonyl (C=O) groups excluding carboxylic acids is 1. The summed E-state index contributed by atoms with van der Waals surface area (Å²) in [6, 6.07) is 12.9. The van der Waals surface area contributed by atoms with Gasteiger partial charge in [0.15, 0.2) is 0 Å². The number of halogens is 2. The van der Waals surface area contributed by atoms with Crippen LogP contribution in [0.25, 0.3) is 0 Å². The normalized spacial score (nSPS) is 10.6. The highest BCUT2D eigenvalue weighted by atomic mass is 19.3. The molecular weight excluding hydrogens is 262 g/mol. The number of amides is 1. The number of hydrogen-bond donors (Lipinski definition) is 2. The maximum absolute atomic E-state index is 12.4. The summed E-state index contributed by atoms with van der Waals surface area (Å²) in [4.78, 5) is 10.9. The van der Waals surface area contributed by atoms with Crippen molar-refractivity contribution < 1.29 is 13.6 Å². The van der Waals surface area contributed by atoms with Gasteiger partial charge in [-0.2, -0.15) is 0 Å². The second kappa shape index (κ2) is 6.14. The Bertz CT molecular complexity index is 580. The number of nitrogens with one attached hydrogen (secondary N) is 1. The van der Waals surface area contributed by atoms with Gasteiger partial charge in [-0.25, -0.2) is 8.78 Å². The molecule has 0 bridgehead atoms. The molecule has 2 aromatic rings. The lowest BCUT2D eigenvalue weighted by atomic mass is 10.1. The van der Waals surface area contributed by atoms with Crippen molar-refractivity contribution in [3.05, 3.63) is 65.2 Å². The first-order valence-corrected chi connectivity index (χ1v) is 6.07. The molecule has 0 aliphatic heterocycles. The van der Waals surface area contributed by atoms with Crippen molar-refractivity contribution in [1.29, 1.82) is 0 Å². The number of primary amides is 1. The van der Waals surface area contributed by atoms with E-state index in [2.05, 4.69) is 5.32 Å². The van der Waals surface area contributed by atoms with Crippen LogP contribution in [-0.4, -0.2) is 5.91 Å². The van der Waals surface area contributed by atoms with Gasteiger partial charge < -0.3 is 11.1 Å². The summed E-state index contributed by atoms with van der Waals surface area (Å²) in [6.45, 7) is 0.513. The molecule has 1 amide bonds. The molecule has 3 nitrogen and oxygen atoms in total. The highest BCUT2D eigenvalue weighted by molar-refractivity contribution is 5.93. The molecule has 104 valence electrons. The summed E-state index contributed by atoms with van der Waals surface area (Å²) >= 11 is 0. The van der Waals surface area contributed by atoms with Crippen LogP contribution in [0.1, 0.15) is 27.9 Å². The number of carbonyl (C=O) groups is 1. The molecule has 2 rings (SSSR count). The molecule has 2 aromatic carbocycles. The van der Waals surface area contributed by atoms with Crippen molar-refractivity contribution in [2.45, 2.75) is 13.0 Å². The Kier molecular flexibility index (Phi) is 4.30. The maximum atomic E-state index is 12.4. The number of benzene rings is 2. The molecule has 0 unspecified atom stereocenters. The van der Waals surface area contributed by atoms with Gasteiger partial charge in [0.2, 0.25) is 5.91 Å². The number of anilines is 1. The van der Waals surface area contributed by atoms with Crippen molar-refractivity contribution in [3.63, 3.8) is 0 Å². The second-order valence-electron chi connectivity index (χ2n) is 4.34. The summed E-state index contributed by atoms with van der Waals surface area (Å²) in [6.07, 6.45) is -2.45. The van der Waals surface area contributed by atoms with Crippen molar-refractivity contribution >= 4 is 11.6 Å². The largest absolute Gasteiger partial charge is 0.381 e. The molecule has 0 radical (unpaired) electrons. The Labute approximate surface area is 115 Å².